The monoisotopic (exact) mass is 362 g/mol. The second-order valence-electron chi connectivity index (χ2n) is 5.07. The first-order chi connectivity index (χ1) is 10.1. The zero-order chi connectivity index (χ0) is 15.0. The first kappa shape index (κ1) is 14.6. The van der Waals surface area contributed by atoms with E-state index >= 15 is 0 Å². The highest BCUT2D eigenvalue weighted by atomic mass is 79.9. The van der Waals surface area contributed by atoms with Crippen molar-refractivity contribution in [3.05, 3.63) is 82.1 Å². The lowest BCUT2D eigenvalue weighted by Crippen LogP contribution is -1.98. The second-order valence-corrected chi connectivity index (χ2v) is 6.39. The Morgan fingerprint density at radius 3 is 2.33 bits per heavy atom. The minimum atomic E-state index is -0.208. The molecule has 106 valence electrons. The fraction of sp³-hybridized carbons (Fsp3) is 0.111. The van der Waals surface area contributed by atoms with Gasteiger partial charge in [0.15, 0.2) is 0 Å². The Morgan fingerprint density at radius 1 is 0.952 bits per heavy atom. The molecule has 3 aromatic rings. The van der Waals surface area contributed by atoms with Crippen molar-refractivity contribution in [3.8, 4) is 0 Å². The van der Waals surface area contributed by atoms with Gasteiger partial charge in [-0.15, -0.1) is 0 Å². The zero-order valence-electron chi connectivity index (χ0n) is 11.4. The molecular formula is C18H13BrClF. The van der Waals surface area contributed by atoms with E-state index in [4.69, 9.17) is 11.6 Å². The third-order valence-electron chi connectivity index (χ3n) is 3.61. The van der Waals surface area contributed by atoms with Gasteiger partial charge in [0.25, 0.3) is 0 Å². The lowest BCUT2D eigenvalue weighted by molar-refractivity contribution is 0.612. The fourth-order valence-corrected chi connectivity index (χ4v) is 3.51. The molecule has 0 N–H and O–H groups in total. The predicted octanol–water partition coefficient (Wildman–Crippen LogP) is 6.43. The van der Waals surface area contributed by atoms with E-state index in [-0.39, 0.29) is 10.6 Å². The molecule has 0 aliphatic heterocycles. The molecule has 0 fully saturated rings. The predicted molar refractivity (Wildman–Crippen MR) is 90.9 cm³/mol. The highest BCUT2D eigenvalue weighted by Gasteiger charge is 2.17. The van der Waals surface area contributed by atoms with Crippen molar-refractivity contribution in [3.63, 3.8) is 0 Å². The van der Waals surface area contributed by atoms with Gasteiger partial charge in [-0.3, -0.25) is 0 Å². The summed E-state index contributed by atoms with van der Waals surface area (Å²) in [6.45, 7) is 1.88. The number of hydrogen-bond donors (Lipinski definition) is 0. The number of hydrogen-bond acceptors (Lipinski definition) is 0. The average molecular weight is 364 g/mol. The van der Waals surface area contributed by atoms with Gasteiger partial charge in [-0.25, -0.2) is 4.39 Å². The molecular weight excluding hydrogens is 351 g/mol. The van der Waals surface area contributed by atoms with E-state index in [1.165, 1.54) is 0 Å². The Hall–Kier alpha value is -1.38. The summed E-state index contributed by atoms with van der Waals surface area (Å²) in [7, 11) is 0. The molecule has 21 heavy (non-hydrogen) atoms. The van der Waals surface area contributed by atoms with Crippen LogP contribution in [-0.2, 0) is 0 Å². The van der Waals surface area contributed by atoms with Crippen LogP contribution in [0.5, 0.6) is 0 Å². The summed E-state index contributed by atoms with van der Waals surface area (Å²) in [6, 6.07) is 17.0. The lowest BCUT2D eigenvalue weighted by Gasteiger charge is -2.15. The van der Waals surface area contributed by atoms with Gasteiger partial charge in [-0.05, 0) is 35.6 Å². The van der Waals surface area contributed by atoms with Crippen LogP contribution in [0.4, 0.5) is 4.39 Å². The van der Waals surface area contributed by atoms with E-state index in [1.807, 2.05) is 55.5 Å². The van der Waals surface area contributed by atoms with Crippen LogP contribution < -0.4 is 0 Å². The first-order valence-electron chi connectivity index (χ1n) is 6.65. The maximum atomic E-state index is 14.2. The Morgan fingerprint density at radius 2 is 1.62 bits per heavy atom. The average Bonchev–Trinajstić information content (AvgIpc) is 2.47. The standard InChI is InChI=1S/C18H13BrClF/c1-11-6-7-15(17(21)10-11)18(19)14-8-9-16(20)13-5-3-2-4-12(13)14/h2-10,18H,1H3. The second kappa shape index (κ2) is 5.78. The van der Waals surface area contributed by atoms with Crippen LogP contribution in [0.15, 0.2) is 54.6 Å². The van der Waals surface area contributed by atoms with E-state index in [0.29, 0.717) is 10.6 Å². The molecule has 0 aliphatic carbocycles. The third kappa shape index (κ3) is 2.70. The highest BCUT2D eigenvalue weighted by molar-refractivity contribution is 9.09. The van der Waals surface area contributed by atoms with Crippen LogP contribution in [0.2, 0.25) is 5.02 Å². The topological polar surface area (TPSA) is 0 Å². The van der Waals surface area contributed by atoms with Crippen LogP contribution >= 0.6 is 27.5 Å². The first-order valence-corrected chi connectivity index (χ1v) is 7.94. The summed E-state index contributed by atoms with van der Waals surface area (Å²) in [5.74, 6) is -0.198. The minimum Gasteiger partial charge on any atom is -0.207 e. The number of aryl methyl sites for hydroxylation is 1. The summed E-state index contributed by atoms with van der Waals surface area (Å²) >= 11 is 9.87. The summed E-state index contributed by atoms with van der Waals surface area (Å²) in [4.78, 5) is -0.208. The number of halogens is 3. The molecule has 0 nitrogen and oxygen atoms in total. The summed E-state index contributed by atoms with van der Waals surface area (Å²) < 4.78 is 14.2. The number of fused-ring (bicyclic) bond motifs is 1. The molecule has 0 saturated carbocycles. The minimum absolute atomic E-state index is 0.198. The van der Waals surface area contributed by atoms with Crippen LogP contribution in [0.3, 0.4) is 0 Å². The molecule has 1 unspecified atom stereocenters. The van der Waals surface area contributed by atoms with Gasteiger partial charge in [-0.1, -0.05) is 70.0 Å². The Bertz CT molecular complexity index is 813. The highest BCUT2D eigenvalue weighted by Crippen LogP contribution is 2.38. The van der Waals surface area contributed by atoms with Gasteiger partial charge in [0, 0.05) is 16.0 Å². The molecule has 0 heterocycles. The molecule has 3 rings (SSSR count). The molecule has 0 amide bonds. The fourth-order valence-electron chi connectivity index (χ4n) is 2.51. The molecule has 0 saturated heterocycles. The van der Waals surface area contributed by atoms with Crippen molar-refractivity contribution in [2.75, 3.05) is 0 Å². The normalized spacial score (nSPS) is 12.6. The van der Waals surface area contributed by atoms with Crippen molar-refractivity contribution in [1.29, 1.82) is 0 Å². The summed E-state index contributed by atoms with van der Waals surface area (Å²) in [6.07, 6.45) is 0. The van der Waals surface area contributed by atoms with Gasteiger partial charge >= 0.3 is 0 Å². The van der Waals surface area contributed by atoms with Gasteiger partial charge in [0.2, 0.25) is 0 Å². The van der Waals surface area contributed by atoms with Crippen molar-refractivity contribution in [2.45, 2.75) is 11.8 Å². The van der Waals surface area contributed by atoms with Gasteiger partial charge in [0.05, 0.1) is 4.83 Å². The Kier molecular flexibility index (Phi) is 4.01. The van der Waals surface area contributed by atoms with Crippen LogP contribution in [0.1, 0.15) is 21.5 Å². The van der Waals surface area contributed by atoms with Crippen molar-refractivity contribution >= 4 is 38.3 Å². The van der Waals surface area contributed by atoms with Crippen LogP contribution in [-0.4, -0.2) is 0 Å². The molecule has 0 aromatic heterocycles. The number of benzene rings is 3. The van der Waals surface area contributed by atoms with E-state index in [1.54, 1.807) is 6.07 Å². The number of alkyl halides is 1. The third-order valence-corrected chi connectivity index (χ3v) is 4.92. The smallest absolute Gasteiger partial charge is 0.128 e. The molecule has 0 radical (unpaired) electrons. The SMILES string of the molecule is Cc1ccc(C(Br)c2ccc(Cl)c3ccccc23)c(F)c1. The maximum absolute atomic E-state index is 14.2. The van der Waals surface area contributed by atoms with Crippen LogP contribution in [0, 0.1) is 12.7 Å². The van der Waals surface area contributed by atoms with Gasteiger partial charge in [-0.2, -0.15) is 0 Å². The van der Waals surface area contributed by atoms with E-state index in [0.717, 1.165) is 21.9 Å². The molecule has 3 aromatic carbocycles. The summed E-state index contributed by atoms with van der Waals surface area (Å²) in [5.41, 5.74) is 2.56. The summed E-state index contributed by atoms with van der Waals surface area (Å²) in [5, 5.41) is 2.72. The molecule has 0 bridgehead atoms. The Labute approximate surface area is 136 Å². The number of rotatable bonds is 2. The van der Waals surface area contributed by atoms with Gasteiger partial charge in [0.1, 0.15) is 5.82 Å². The van der Waals surface area contributed by atoms with Crippen LogP contribution in [0.25, 0.3) is 10.8 Å². The zero-order valence-corrected chi connectivity index (χ0v) is 13.7. The molecule has 1 atom stereocenters. The van der Waals surface area contributed by atoms with Gasteiger partial charge < -0.3 is 0 Å². The van der Waals surface area contributed by atoms with E-state index < -0.39 is 0 Å². The lowest BCUT2D eigenvalue weighted by atomic mass is 9.97. The Balaban J connectivity index is 2.18. The molecule has 0 aliphatic rings. The largest absolute Gasteiger partial charge is 0.207 e. The maximum Gasteiger partial charge on any atom is 0.128 e. The van der Waals surface area contributed by atoms with E-state index in [9.17, 15) is 4.39 Å². The van der Waals surface area contributed by atoms with Crippen molar-refractivity contribution in [1.82, 2.24) is 0 Å². The van der Waals surface area contributed by atoms with Crippen molar-refractivity contribution in [2.24, 2.45) is 0 Å². The quantitative estimate of drug-likeness (QED) is 0.460. The van der Waals surface area contributed by atoms with E-state index in [2.05, 4.69) is 15.9 Å². The molecule has 3 heteroatoms. The molecule has 0 spiro atoms. The van der Waals surface area contributed by atoms with Crippen molar-refractivity contribution < 1.29 is 4.39 Å².